The van der Waals surface area contributed by atoms with Crippen LogP contribution in [0.2, 0.25) is 0 Å². The zero-order chi connectivity index (χ0) is 23.8. The number of nitrogens with zero attached hydrogens (tertiary/aromatic N) is 4. The van der Waals surface area contributed by atoms with Crippen LogP contribution in [0, 0.1) is 23.7 Å². The number of anilines is 1. The Balaban J connectivity index is 1.75. The fraction of sp³-hybridized carbons (Fsp3) is 0.280. The van der Waals surface area contributed by atoms with E-state index in [2.05, 4.69) is 22.3 Å². The molecule has 1 aromatic heterocycles. The number of amides is 1. The second-order valence-corrected chi connectivity index (χ2v) is 7.32. The van der Waals surface area contributed by atoms with Crippen LogP contribution in [-0.2, 0) is 23.1 Å². The molecule has 3 aromatic rings. The summed E-state index contributed by atoms with van der Waals surface area (Å²) < 4.78 is 6.89. The Hall–Kier alpha value is -4.30. The van der Waals surface area contributed by atoms with Gasteiger partial charge in [0.05, 0.1) is 48.8 Å². The van der Waals surface area contributed by atoms with Crippen LogP contribution in [0.4, 0.5) is 5.69 Å². The lowest BCUT2D eigenvalue weighted by atomic mass is 10.1. The molecule has 0 saturated heterocycles. The van der Waals surface area contributed by atoms with E-state index in [4.69, 9.17) is 16.4 Å². The quantitative estimate of drug-likeness (QED) is 0.403. The van der Waals surface area contributed by atoms with Crippen molar-refractivity contribution in [2.24, 2.45) is 7.05 Å². The van der Waals surface area contributed by atoms with Gasteiger partial charge in [0.2, 0.25) is 0 Å². The maximum Gasteiger partial charge on any atom is 0.307 e. The molecule has 0 aliphatic carbocycles. The van der Waals surface area contributed by atoms with Gasteiger partial charge in [-0.05, 0) is 49.4 Å². The highest BCUT2D eigenvalue weighted by molar-refractivity contribution is 5.97. The van der Waals surface area contributed by atoms with Gasteiger partial charge in [-0.3, -0.25) is 9.59 Å². The summed E-state index contributed by atoms with van der Waals surface area (Å²) in [5, 5.41) is 12.2. The monoisotopic (exact) mass is 443 g/mol. The van der Waals surface area contributed by atoms with Crippen LogP contribution in [0.15, 0.2) is 42.5 Å². The number of nitrogens with one attached hydrogen (secondary N) is 1. The van der Waals surface area contributed by atoms with Crippen molar-refractivity contribution in [2.45, 2.75) is 19.9 Å². The van der Waals surface area contributed by atoms with E-state index in [9.17, 15) is 9.59 Å². The van der Waals surface area contributed by atoms with Gasteiger partial charge in [0.1, 0.15) is 5.82 Å². The third-order valence-corrected chi connectivity index (χ3v) is 5.15. The van der Waals surface area contributed by atoms with Gasteiger partial charge in [-0.15, -0.1) is 6.42 Å². The molecule has 0 bridgehead atoms. The molecule has 8 heteroatoms. The Kier molecular flexibility index (Phi) is 7.67. The number of aryl methyl sites for hydroxylation is 1. The molecule has 3 rings (SSSR count). The van der Waals surface area contributed by atoms with Gasteiger partial charge < -0.3 is 19.5 Å². The molecule has 0 spiro atoms. The summed E-state index contributed by atoms with van der Waals surface area (Å²) in [6, 6.07) is 14.6. The van der Waals surface area contributed by atoms with Gasteiger partial charge in [0.15, 0.2) is 0 Å². The molecule has 1 heterocycles. The lowest BCUT2D eigenvalue weighted by Crippen LogP contribution is -2.33. The first-order valence-electron chi connectivity index (χ1n) is 10.5. The summed E-state index contributed by atoms with van der Waals surface area (Å²) in [5.41, 5.74) is 3.50. The molecular weight excluding hydrogens is 418 g/mol. The Morgan fingerprint density at radius 1 is 1.24 bits per heavy atom. The topological polar surface area (TPSA) is 100 Å². The van der Waals surface area contributed by atoms with Crippen LogP contribution in [0.5, 0.6) is 0 Å². The third kappa shape index (κ3) is 5.69. The highest BCUT2D eigenvalue weighted by Gasteiger charge is 2.18. The van der Waals surface area contributed by atoms with Crippen molar-refractivity contribution in [3.63, 3.8) is 0 Å². The lowest BCUT2D eigenvalue weighted by molar-refractivity contribution is -0.143. The number of rotatable bonds is 9. The molecule has 0 atom stereocenters. The number of fused-ring (bicyclic) bond motifs is 1. The molecule has 0 aliphatic rings. The molecule has 0 aliphatic heterocycles. The standard InChI is InChI=1S/C25H25N5O3/c1-4-13-30(14-12-24(31)33-5-2)25(32)19-8-11-22-21(15-19)28-23(29(22)3)17-27-20-9-6-18(16-26)7-10-20/h1,6-11,15,27H,5,12-14,17H2,2-3H3. The van der Waals surface area contributed by atoms with E-state index in [1.54, 1.807) is 31.2 Å². The Bertz CT molecular complexity index is 1230. The number of aromatic nitrogens is 2. The largest absolute Gasteiger partial charge is 0.466 e. The van der Waals surface area contributed by atoms with E-state index in [0.29, 0.717) is 29.8 Å². The zero-order valence-electron chi connectivity index (χ0n) is 18.7. The normalized spacial score (nSPS) is 10.3. The number of terminal acetylenes is 1. The number of hydrogen-bond donors (Lipinski definition) is 1. The summed E-state index contributed by atoms with van der Waals surface area (Å²) in [4.78, 5) is 30.8. The zero-order valence-corrected chi connectivity index (χ0v) is 18.7. The maximum absolute atomic E-state index is 13.0. The number of nitriles is 1. The molecule has 0 fully saturated rings. The summed E-state index contributed by atoms with van der Waals surface area (Å²) in [6.07, 6.45) is 5.50. The highest BCUT2D eigenvalue weighted by atomic mass is 16.5. The number of imidazole rings is 1. The van der Waals surface area contributed by atoms with Crippen LogP contribution in [0.3, 0.4) is 0 Å². The van der Waals surface area contributed by atoms with Gasteiger partial charge >= 0.3 is 5.97 Å². The molecular formula is C25H25N5O3. The first-order chi connectivity index (χ1) is 16.0. The number of ether oxygens (including phenoxy) is 1. The predicted molar refractivity (Wildman–Crippen MR) is 125 cm³/mol. The van der Waals surface area contributed by atoms with Gasteiger partial charge in [-0.1, -0.05) is 5.92 Å². The number of carbonyl (C=O) groups excluding carboxylic acids is 2. The molecule has 1 N–H and O–H groups in total. The minimum Gasteiger partial charge on any atom is -0.466 e. The molecule has 0 saturated carbocycles. The fourth-order valence-electron chi connectivity index (χ4n) is 3.39. The number of carbonyl (C=O) groups is 2. The third-order valence-electron chi connectivity index (χ3n) is 5.15. The van der Waals surface area contributed by atoms with Crippen LogP contribution < -0.4 is 5.32 Å². The number of benzene rings is 2. The number of hydrogen-bond acceptors (Lipinski definition) is 6. The van der Waals surface area contributed by atoms with Gasteiger partial charge in [-0.25, -0.2) is 4.98 Å². The molecule has 2 aromatic carbocycles. The SMILES string of the molecule is C#CCN(CCC(=O)OCC)C(=O)c1ccc2c(c1)nc(CNc1ccc(C#N)cc1)n2C. The Morgan fingerprint density at radius 2 is 2.00 bits per heavy atom. The molecule has 8 nitrogen and oxygen atoms in total. The van der Waals surface area contributed by atoms with Crippen LogP contribution in [0.1, 0.15) is 35.1 Å². The predicted octanol–water partition coefficient (Wildman–Crippen LogP) is 3.09. The molecule has 168 valence electrons. The molecule has 33 heavy (non-hydrogen) atoms. The Morgan fingerprint density at radius 3 is 2.67 bits per heavy atom. The van der Waals surface area contributed by atoms with Crippen molar-refractivity contribution in [2.75, 3.05) is 25.0 Å². The van der Waals surface area contributed by atoms with Crippen molar-refractivity contribution in [3.8, 4) is 18.4 Å². The average Bonchev–Trinajstić information content (AvgIpc) is 3.15. The van der Waals surface area contributed by atoms with E-state index >= 15 is 0 Å². The van der Waals surface area contributed by atoms with E-state index in [1.165, 1.54) is 4.90 Å². The van der Waals surface area contributed by atoms with E-state index in [0.717, 1.165) is 17.0 Å². The molecule has 0 unspecified atom stereocenters. The molecule has 0 radical (unpaired) electrons. The maximum atomic E-state index is 13.0. The first kappa shape index (κ1) is 23.4. The van der Waals surface area contributed by atoms with Crippen molar-refractivity contribution in [1.29, 1.82) is 5.26 Å². The minimum absolute atomic E-state index is 0.0816. The van der Waals surface area contributed by atoms with Crippen molar-refractivity contribution >= 4 is 28.6 Å². The van der Waals surface area contributed by atoms with Crippen LogP contribution >= 0.6 is 0 Å². The van der Waals surface area contributed by atoms with Crippen molar-refractivity contribution < 1.29 is 14.3 Å². The summed E-state index contributed by atoms with van der Waals surface area (Å²) in [7, 11) is 1.91. The van der Waals surface area contributed by atoms with Gasteiger partial charge in [0.25, 0.3) is 5.91 Å². The number of esters is 1. The Labute approximate surface area is 192 Å². The highest BCUT2D eigenvalue weighted by Crippen LogP contribution is 2.19. The van der Waals surface area contributed by atoms with E-state index in [-0.39, 0.29) is 31.4 Å². The summed E-state index contributed by atoms with van der Waals surface area (Å²) >= 11 is 0. The van der Waals surface area contributed by atoms with Crippen molar-refractivity contribution in [1.82, 2.24) is 14.5 Å². The van der Waals surface area contributed by atoms with Crippen molar-refractivity contribution in [3.05, 3.63) is 59.4 Å². The van der Waals surface area contributed by atoms with Gasteiger partial charge in [-0.2, -0.15) is 5.26 Å². The average molecular weight is 444 g/mol. The van der Waals surface area contributed by atoms with E-state index < -0.39 is 0 Å². The smallest absolute Gasteiger partial charge is 0.307 e. The lowest BCUT2D eigenvalue weighted by Gasteiger charge is -2.19. The minimum atomic E-state index is -0.369. The van der Waals surface area contributed by atoms with Crippen LogP contribution in [-0.4, -0.2) is 46.0 Å². The van der Waals surface area contributed by atoms with E-state index in [1.807, 2.05) is 29.8 Å². The molecule has 1 amide bonds. The fourth-order valence-corrected chi connectivity index (χ4v) is 3.39. The summed E-state index contributed by atoms with van der Waals surface area (Å²) in [5.74, 6) is 2.63. The second-order valence-electron chi connectivity index (χ2n) is 7.32. The second kappa shape index (κ2) is 10.8. The summed E-state index contributed by atoms with van der Waals surface area (Å²) in [6.45, 7) is 2.78. The van der Waals surface area contributed by atoms with Gasteiger partial charge in [0, 0.05) is 24.8 Å². The van der Waals surface area contributed by atoms with Crippen LogP contribution in [0.25, 0.3) is 11.0 Å². The first-order valence-corrected chi connectivity index (χ1v) is 10.5.